The highest BCUT2D eigenvalue weighted by molar-refractivity contribution is 5.79. The molecule has 0 saturated heterocycles. The van der Waals surface area contributed by atoms with E-state index in [1.165, 1.54) is 6.92 Å². The monoisotopic (exact) mass is 288 g/mol. The van der Waals surface area contributed by atoms with Gasteiger partial charge in [0.25, 0.3) is 0 Å². The van der Waals surface area contributed by atoms with Gasteiger partial charge in [-0.05, 0) is 12.5 Å². The topological polar surface area (TPSA) is 46.3 Å². The molecule has 0 spiro atoms. The zero-order valence-electron chi connectivity index (χ0n) is 11.5. The fourth-order valence-electron chi connectivity index (χ4n) is 1.97. The number of amides is 1. The molecule has 2 N–H and O–H groups in total. The lowest BCUT2D eigenvalue weighted by Crippen LogP contribution is -2.43. The van der Waals surface area contributed by atoms with Crippen LogP contribution in [0.1, 0.15) is 25.5 Å². The van der Waals surface area contributed by atoms with Gasteiger partial charge in [-0.25, -0.2) is 0 Å². The second-order valence-electron chi connectivity index (χ2n) is 4.69. The van der Waals surface area contributed by atoms with E-state index in [2.05, 4.69) is 0 Å². The highest BCUT2D eigenvalue weighted by Gasteiger charge is 2.35. The molecule has 0 aliphatic rings. The van der Waals surface area contributed by atoms with Crippen molar-refractivity contribution >= 4 is 5.91 Å². The van der Waals surface area contributed by atoms with Gasteiger partial charge in [0.15, 0.2) is 0 Å². The lowest BCUT2D eigenvalue weighted by atomic mass is 9.94. The first-order valence-corrected chi connectivity index (χ1v) is 6.42. The number of benzene rings is 1. The number of rotatable bonds is 5. The minimum absolute atomic E-state index is 0.00416. The first-order valence-electron chi connectivity index (χ1n) is 6.42. The number of carbonyl (C=O) groups is 1. The summed E-state index contributed by atoms with van der Waals surface area (Å²) < 4.78 is 37.2. The first-order chi connectivity index (χ1) is 9.26. The van der Waals surface area contributed by atoms with E-state index < -0.39 is 30.6 Å². The molecule has 3 nitrogen and oxygen atoms in total. The van der Waals surface area contributed by atoms with E-state index in [0.29, 0.717) is 0 Å². The molecule has 0 heterocycles. The molecule has 1 amide bonds. The van der Waals surface area contributed by atoms with Crippen LogP contribution in [0.15, 0.2) is 30.3 Å². The van der Waals surface area contributed by atoms with Crippen molar-refractivity contribution in [3.63, 3.8) is 0 Å². The summed E-state index contributed by atoms with van der Waals surface area (Å²) in [7, 11) is 0. The van der Waals surface area contributed by atoms with Gasteiger partial charge in [0.1, 0.15) is 6.54 Å². The van der Waals surface area contributed by atoms with Crippen molar-refractivity contribution in [2.24, 2.45) is 11.7 Å². The van der Waals surface area contributed by atoms with Crippen molar-refractivity contribution in [1.29, 1.82) is 0 Å². The number of halogens is 3. The molecule has 0 saturated carbocycles. The van der Waals surface area contributed by atoms with Crippen molar-refractivity contribution in [2.75, 3.05) is 13.1 Å². The highest BCUT2D eigenvalue weighted by atomic mass is 19.4. The summed E-state index contributed by atoms with van der Waals surface area (Å²) >= 11 is 0. The Balaban J connectivity index is 2.79. The molecular formula is C14H19F3N2O. The van der Waals surface area contributed by atoms with Crippen molar-refractivity contribution in [3.8, 4) is 0 Å². The predicted molar refractivity (Wildman–Crippen MR) is 70.8 cm³/mol. The molecule has 0 fully saturated rings. The predicted octanol–water partition coefficient (Wildman–Crippen LogP) is 2.73. The van der Waals surface area contributed by atoms with Crippen LogP contribution in [-0.2, 0) is 4.79 Å². The van der Waals surface area contributed by atoms with Gasteiger partial charge in [0.05, 0.1) is 5.92 Å². The number of nitrogens with two attached hydrogens (primary N) is 1. The van der Waals surface area contributed by atoms with Crippen LogP contribution in [0, 0.1) is 5.92 Å². The molecule has 0 radical (unpaired) electrons. The maximum atomic E-state index is 12.4. The van der Waals surface area contributed by atoms with Gasteiger partial charge in [-0.15, -0.1) is 0 Å². The Kier molecular flexibility index (Phi) is 5.56. The zero-order chi connectivity index (χ0) is 15.3. The van der Waals surface area contributed by atoms with Gasteiger partial charge in [-0.3, -0.25) is 4.79 Å². The minimum Gasteiger partial charge on any atom is -0.334 e. The van der Waals surface area contributed by atoms with Crippen LogP contribution in [0.25, 0.3) is 0 Å². The SMILES string of the molecule is CCN(CC(F)(F)F)C(=O)C(C)C(N)c1ccccc1. The van der Waals surface area contributed by atoms with Crippen LogP contribution in [0.5, 0.6) is 0 Å². The summed E-state index contributed by atoms with van der Waals surface area (Å²) in [5, 5.41) is 0. The molecule has 0 bridgehead atoms. The second-order valence-corrected chi connectivity index (χ2v) is 4.69. The van der Waals surface area contributed by atoms with E-state index >= 15 is 0 Å². The molecule has 112 valence electrons. The largest absolute Gasteiger partial charge is 0.406 e. The number of alkyl halides is 3. The molecule has 1 rings (SSSR count). The van der Waals surface area contributed by atoms with Gasteiger partial charge >= 0.3 is 6.18 Å². The Hall–Kier alpha value is -1.56. The van der Waals surface area contributed by atoms with Crippen molar-refractivity contribution in [3.05, 3.63) is 35.9 Å². The zero-order valence-corrected chi connectivity index (χ0v) is 11.5. The van der Waals surface area contributed by atoms with Gasteiger partial charge in [0, 0.05) is 12.6 Å². The lowest BCUT2D eigenvalue weighted by molar-refractivity contribution is -0.163. The fourth-order valence-corrected chi connectivity index (χ4v) is 1.97. The third kappa shape index (κ3) is 4.52. The van der Waals surface area contributed by atoms with E-state index in [4.69, 9.17) is 5.73 Å². The Labute approximate surface area is 116 Å². The molecule has 2 unspecified atom stereocenters. The summed E-state index contributed by atoms with van der Waals surface area (Å²) in [6.07, 6.45) is -4.40. The Bertz CT molecular complexity index is 434. The first kappa shape index (κ1) is 16.5. The third-order valence-corrected chi connectivity index (χ3v) is 3.18. The summed E-state index contributed by atoms with van der Waals surface area (Å²) in [5.41, 5.74) is 6.70. The van der Waals surface area contributed by atoms with E-state index in [1.54, 1.807) is 31.2 Å². The van der Waals surface area contributed by atoms with E-state index in [-0.39, 0.29) is 6.54 Å². The summed E-state index contributed by atoms with van der Waals surface area (Å²) in [6.45, 7) is 1.84. The maximum Gasteiger partial charge on any atom is 0.406 e. The molecule has 1 aromatic carbocycles. The van der Waals surface area contributed by atoms with Crippen LogP contribution in [0.3, 0.4) is 0 Å². The number of hydrogen-bond donors (Lipinski definition) is 1. The van der Waals surface area contributed by atoms with E-state index in [0.717, 1.165) is 10.5 Å². The molecule has 0 aromatic heterocycles. The van der Waals surface area contributed by atoms with Gasteiger partial charge in [0.2, 0.25) is 5.91 Å². The standard InChI is InChI=1S/C14H19F3N2O/c1-3-19(9-14(15,16)17)13(20)10(2)12(18)11-7-5-4-6-8-11/h4-8,10,12H,3,9,18H2,1-2H3. The van der Waals surface area contributed by atoms with Crippen molar-refractivity contribution in [1.82, 2.24) is 4.90 Å². The molecular weight excluding hydrogens is 269 g/mol. The molecule has 2 atom stereocenters. The Morgan fingerprint density at radius 3 is 2.30 bits per heavy atom. The van der Waals surface area contributed by atoms with Crippen LogP contribution < -0.4 is 5.73 Å². The van der Waals surface area contributed by atoms with Crippen LogP contribution in [0.2, 0.25) is 0 Å². The van der Waals surface area contributed by atoms with E-state index in [9.17, 15) is 18.0 Å². The summed E-state index contributed by atoms with van der Waals surface area (Å²) in [6, 6.07) is 8.26. The number of nitrogens with zero attached hydrogens (tertiary/aromatic N) is 1. The molecule has 20 heavy (non-hydrogen) atoms. The number of carbonyl (C=O) groups excluding carboxylic acids is 1. The van der Waals surface area contributed by atoms with Crippen molar-refractivity contribution < 1.29 is 18.0 Å². The van der Waals surface area contributed by atoms with Crippen LogP contribution >= 0.6 is 0 Å². The third-order valence-electron chi connectivity index (χ3n) is 3.18. The quantitative estimate of drug-likeness (QED) is 0.905. The lowest BCUT2D eigenvalue weighted by Gasteiger charge is -2.28. The second kappa shape index (κ2) is 6.74. The van der Waals surface area contributed by atoms with Crippen molar-refractivity contribution in [2.45, 2.75) is 26.1 Å². The summed E-state index contributed by atoms with van der Waals surface area (Å²) in [5.74, 6) is -1.29. The Morgan fingerprint density at radius 1 is 1.30 bits per heavy atom. The highest BCUT2D eigenvalue weighted by Crippen LogP contribution is 2.23. The average Bonchev–Trinajstić information content (AvgIpc) is 2.42. The summed E-state index contributed by atoms with van der Waals surface area (Å²) in [4.78, 5) is 12.9. The van der Waals surface area contributed by atoms with Crippen LogP contribution in [0.4, 0.5) is 13.2 Å². The molecule has 0 aliphatic carbocycles. The van der Waals surface area contributed by atoms with Crippen LogP contribution in [-0.4, -0.2) is 30.1 Å². The molecule has 1 aromatic rings. The Morgan fingerprint density at radius 2 is 1.85 bits per heavy atom. The van der Waals surface area contributed by atoms with Gasteiger partial charge in [-0.1, -0.05) is 37.3 Å². The minimum atomic E-state index is -4.40. The van der Waals surface area contributed by atoms with Gasteiger partial charge in [-0.2, -0.15) is 13.2 Å². The average molecular weight is 288 g/mol. The normalized spacial score (nSPS) is 14.7. The molecule has 6 heteroatoms. The fraction of sp³-hybridized carbons (Fsp3) is 0.500. The number of hydrogen-bond acceptors (Lipinski definition) is 2. The molecule has 0 aliphatic heterocycles. The smallest absolute Gasteiger partial charge is 0.334 e. The maximum absolute atomic E-state index is 12.4. The van der Waals surface area contributed by atoms with E-state index in [1.807, 2.05) is 6.07 Å². The van der Waals surface area contributed by atoms with Gasteiger partial charge < -0.3 is 10.6 Å².